The number of aryl methyl sites for hydroxylation is 2. The van der Waals surface area contributed by atoms with Crippen LogP contribution in [0.15, 0.2) is 36.4 Å². The van der Waals surface area contributed by atoms with E-state index in [4.69, 9.17) is 0 Å². The normalized spacial score (nSPS) is 12.7. The van der Waals surface area contributed by atoms with E-state index in [1.807, 2.05) is 31.2 Å². The predicted molar refractivity (Wildman–Crippen MR) is 97.0 cm³/mol. The van der Waals surface area contributed by atoms with Crippen molar-refractivity contribution in [2.75, 3.05) is 11.9 Å². The third kappa shape index (κ3) is 5.09. The molecule has 0 bridgehead atoms. The lowest BCUT2D eigenvalue weighted by atomic mass is 10.0. The molecule has 0 aliphatic rings. The lowest BCUT2D eigenvalue weighted by Gasteiger charge is -2.30. The second kappa shape index (κ2) is 7.49. The molecular weight excluding hydrogens is 302 g/mol. The van der Waals surface area contributed by atoms with Crippen LogP contribution in [0.5, 0.6) is 0 Å². The van der Waals surface area contributed by atoms with E-state index in [1.54, 1.807) is 11.7 Å². The van der Waals surface area contributed by atoms with Gasteiger partial charge in [-0.25, -0.2) is 4.79 Å². The van der Waals surface area contributed by atoms with Gasteiger partial charge in [0, 0.05) is 31.2 Å². The molecule has 0 saturated heterocycles. The van der Waals surface area contributed by atoms with Crippen molar-refractivity contribution in [1.82, 2.24) is 20.4 Å². The average molecular weight is 329 g/mol. The van der Waals surface area contributed by atoms with Gasteiger partial charge in [-0.3, -0.25) is 10.00 Å². The van der Waals surface area contributed by atoms with Crippen LogP contribution in [0.2, 0.25) is 0 Å². The first-order valence-electron chi connectivity index (χ1n) is 8.15. The highest BCUT2D eigenvalue weighted by molar-refractivity contribution is 5.88. The van der Waals surface area contributed by atoms with Crippen LogP contribution in [0.4, 0.5) is 10.6 Å². The summed E-state index contributed by atoms with van der Waals surface area (Å²) in [6.07, 6.45) is 0. The first-order chi connectivity index (χ1) is 11.3. The van der Waals surface area contributed by atoms with Crippen LogP contribution in [-0.4, -0.2) is 27.9 Å². The van der Waals surface area contributed by atoms with Crippen molar-refractivity contribution in [3.63, 3.8) is 0 Å². The van der Waals surface area contributed by atoms with Crippen molar-refractivity contribution < 1.29 is 4.79 Å². The number of carbonyl (C=O) groups is 1. The molecule has 2 aromatic rings. The number of benzene rings is 1. The Balaban J connectivity index is 1.85. The fraction of sp³-hybridized carbons (Fsp3) is 0.444. The van der Waals surface area contributed by atoms with Gasteiger partial charge in [0.25, 0.3) is 0 Å². The Morgan fingerprint density at radius 1 is 1.29 bits per heavy atom. The summed E-state index contributed by atoms with van der Waals surface area (Å²) in [6.45, 7) is 8.66. The van der Waals surface area contributed by atoms with E-state index in [2.05, 4.69) is 54.0 Å². The molecule has 1 aromatic heterocycles. The summed E-state index contributed by atoms with van der Waals surface area (Å²) in [5.41, 5.74) is 1.85. The SMILES string of the molecule is Cc1cc(NC(=O)NCC(C)(C)N[C@@H](C)c2ccccc2)n(C)n1. The summed E-state index contributed by atoms with van der Waals surface area (Å²) in [7, 11) is 1.80. The molecule has 1 atom stereocenters. The van der Waals surface area contributed by atoms with Crippen molar-refractivity contribution in [3.05, 3.63) is 47.7 Å². The Morgan fingerprint density at radius 2 is 1.96 bits per heavy atom. The van der Waals surface area contributed by atoms with Crippen LogP contribution >= 0.6 is 0 Å². The maximum absolute atomic E-state index is 12.1. The van der Waals surface area contributed by atoms with Gasteiger partial charge in [-0.1, -0.05) is 30.3 Å². The second-order valence-electron chi connectivity index (χ2n) is 6.76. The van der Waals surface area contributed by atoms with Gasteiger partial charge in [0.05, 0.1) is 5.69 Å². The number of anilines is 1. The van der Waals surface area contributed by atoms with Crippen LogP contribution in [-0.2, 0) is 7.05 Å². The van der Waals surface area contributed by atoms with Gasteiger partial charge in [-0.15, -0.1) is 0 Å². The largest absolute Gasteiger partial charge is 0.336 e. The highest BCUT2D eigenvalue weighted by Crippen LogP contribution is 2.15. The van der Waals surface area contributed by atoms with Gasteiger partial charge in [0.1, 0.15) is 5.82 Å². The molecule has 0 radical (unpaired) electrons. The van der Waals surface area contributed by atoms with E-state index in [0.717, 1.165) is 5.69 Å². The molecule has 2 rings (SSSR count). The molecule has 1 heterocycles. The smallest absolute Gasteiger partial charge is 0.320 e. The first kappa shape index (κ1) is 18.0. The summed E-state index contributed by atoms with van der Waals surface area (Å²) < 4.78 is 1.65. The third-order valence-corrected chi connectivity index (χ3v) is 3.84. The average Bonchev–Trinajstić information content (AvgIpc) is 2.83. The number of carbonyl (C=O) groups excluding carboxylic acids is 1. The second-order valence-corrected chi connectivity index (χ2v) is 6.76. The molecule has 6 heteroatoms. The van der Waals surface area contributed by atoms with E-state index in [1.165, 1.54) is 5.56 Å². The van der Waals surface area contributed by atoms with E-state index >= 15 is 0 Å². The highest BCUT2D eigenvalue weighted by Gasteiger charge is 2.21. The highest BCUT2D eigenvalue weighted by atomic mass is 16.2. The summed E-state index contributed by atoms with van der Waals surface area (Å²) in [5.74, 6) is 0.674. The molecule has 6 nitrogen and oxygen atoms in total. The maximum atomic E-state index is 12.1. The summed E-state index contributed by atoms with van der Waals surface area (Å²) in [4.78, 5) is 12.1. The van der Waals surface area contributed by atoms with E-state index in [-0.39, 0.29) is 17.6 Å². The van der Waals surface area contributed by atoms with Gasteiger partial charge >= 0.3 is 6.03 Å². The minimum absolute atomic E-state index is 0.200. The minimum atomic E-state index is -0.241. The van der Waals surface area contributed by atoms with Crippen LogP contribution < -0.4 is 16.0 Å². The van der Waals surface area contributed by atoms with Crippen molar-refractivity contribution in [3.8, 4) is 0 Å². The molecule has 2 amide bonds. The topological polar surface area (TPSA) is 71.0 Å². The zero-order chi connectivity index (χ0) is 17.7. The molecule has 0 aliphatic heterocycles. The lowest BCUT2D eigenvalue weighted by molar-refractivity contribution is 0.245. The van der Waals surface area contributed by atoms with Crippen molar-refractivity contribution >= 4 is 11.8 Å². The zero-order valence-electron chi connectivity index (χ0n) is 15.1. The zero-order valence-corrected chi connectivity index (χ0v) is 15.1. The molecule has 0 saturated carbocycles. The quantitative estimate of drug-likeness (QED) is 0.763. The number of hydrogen-bond donors (Lipinski definition) is 3. The van der Waals surface area contributed by atoms with E-state index in [0.29, 0.717) is 12.4 Å². The number of nitrogens with zero attached hydrogens (tertiary/aromatic N) is 2. The Morgan fingerprint density at radius 3 is 2.54 bits per heavy atom. The number of urea groups is 1. The van der Waals surface area contributed by atoms with E-state index in [9.17, 15) is 4.79 Å². The van der Waals surface area contributed by atoms with Crippen LogP contribution in [0, 0.1) is 6.92 Å². The van der Waals surface area contributed by atoms with Crippen molar-refractivity contribution in [2.24, 2.45) is 7.05 Å². The Kier molecular flexibility index (Phi) is 5.62. The van der Waals surface area contributed by atoms with Gasteiger partial charge in [-0.2, -0.15) is 5.10 Å². The lowest BCUT2D eigenvalue weighted by Crippen LogP contribution is -2.50. The Labute approximate surface area is 143 Å². The van der Waals surface area contributed by atoms with Crippen molar-refractivity contribution in [2.45, 2.75) is 39.3 Å². The molecule has 0 spiro atoms. The summed E-state index contributed by atoms with van der Waals surface area (Å²) in [6, 6.07) is 12.1. The van der Waals surface area contributed by atoms with Crippen LogP contribution in [0.25, 0.3) is 0 Å². The summed E-state index contributed by atoms with van der Waals surface area (Å²) >= 11 is 0. The molecule has 1 aromatic carbocycles. The molecule has 3 N–H and O–H groups in total. The fourth-order valence-corrected chi connectivity index (χ4v) is 2.65. The number of rotatable bonds is 6. The number of hydrogen-bond acceptors (Lipinski definition) is 3. The molecule has 24 heavy (non-hydrogen) atoms. The van der Waals surface area contributed by atoms with Crippen molar-refractivity contribution in [1.29, 1.82) is 0 Å². The number of aromatic nitrogens is 2. The first-order valence-corrected chi connectivity index (χ1v) is 8.15. The minimum Gasteiger partial charge on any atom is -0.336 e. The standard InChI is InChI=1S/C18H27N5O/c1-13-11-16(23(5)22-13)20-17(24)19-12-18(3,4)21-14(2)15-9-7-6-8-10-15/h6-11,14,21H,12H2,1-5H3,(H2,19,20,24)/t14-/m0/s1. The van der Waals surface area contributed by atoms with Crippen LogP contribution in [0.1, 0.15) is 38.1 Å². The molecule has 0 aliphatic carbocycles. The predicted octanol–water partition coefficient (Wildman–Crippen LogP) is 2.98. The Bertz CT molecular complexity index is 678. The van der Waals surface area contributed by atoms with Crippen LogP contribution in [0.3, 0.4) is 0 Å². The molecule has 0 unspecified atom stereocenters. The molecule has 0 fully saturated rings. The number of nitrogens with one attached hydrogen (secondary N) is 3. The van der Waals surface area contributed by atoms with Gasteiger partial charge in [-0.05, 0) is 33.3 Å². The monoisotopic (exact) mass is 329 g/mol. The van der Waals surface area contributed by atoms with Gasteiger partial charge < -0.3 is 10.6 Å². The third-order valence-electron chi connectivity index (χ3n) is 3.84. The molecule has 130 valence electrons. The number of amides is 2. The van der Waals surface area contributed by atoms with Gasteiger partial charge in [0.15, 0.2) is 0 Å². The van der Waals surface area contributed by atoms with E-state index < -0.39 is 0 Å². The van der Waals surface area contributed by atoms with Gasteiger partial charge in [0.2, 0.25) is 0 Å². The molecular formula is C18H27N5O. The Hall–Kier alpha value is -2.34. The summed E-state index contributed by atoms with van der Waals surface area (Å²) in [5, 5.41) is 13.5. The fourth-order valence-electron chi connectivity index (χ4n) is 2.65. The maximum Gasteiger partial charge on any atom is 0.320 e.